The molecule has 0 aliphatic carbocycles. The van der Waals surface area contributed by atoms with Gasteiger partial charge in [-0.15, -0.1) is 0 Å². The normalized spacial score (nSPS) is 12.8. The second-order valence-electron chi connectivity index (χ2n) is 6.60. The molecule has 0 saturated heterocycles. The van der Waals surface area contributed by atoms with Gasteiger partial charge in [0.25, 0.3) is 0 Å². The molecule has 2 N–H and O–H groups in total. The second kappa shape index (κ2) is 9.27. The van der Waals surface area contributed by atoms with Crippen LogP contribution in [0.5, 0.6) is 5.75 Å². The van der Waals surface area contributed by atoms with Crippen molar-refractivity contribution in [2.45, 2.75) is 40.2 Å². The Bertz CT molecular complexity index is 751. The van der Waals surface area contributed by atoms with Crippen LogP contribution in [-0.4, -0.2) is 42.0 Å². The van der Waals surface area contributed by atoms with Gasteiger partial charge in [0.1, 0.15) is 11.9 Å². The van der Waals surface area contributed by atoms with E-state index < -0.39 is 0 Å². The summed E-state index contributed by atoms with van der Waals surface area (Å²) < 4.78 is 7.92. The van der Waals surface area contributed by atoms with E-state index in [-0.39, 0.29) is 6.10 Å². The average molecular weight is 358 g/mol. The Morgan fingerprint density at radius 2 is 1.96 bits per heavy atom. The van der Waals surface area contributed by atoms with Crippen molar-refractivity contribution >= 4 is 5.96 Å². The van der Waals surface area contributed by atoms with Crippen LogP contribution in [0.15, 0.2) is 29.3 Å². The molecule has 0 saturated carbocycles. The largest absolute Gasteiger partial charge is 0.489 e. The lowest BCUT2D eigenvalue weighted by Gasteiger charge is -2.18. The van der Waals surface area contributed by atoms with Crippen LogP contribution in [0.25, 0.3) is 0 Å². The van der Waals surface area contributed by atoms with Gasteiger partial charge in [0, 0.05) is 26.3 Å². The third-order valence-corrected chi connectivity index (χ3v) is 4.53. The Labute approximate surface area is 156 Å². The molecule has 1 heterocycles. The molecule has 0 bridgehead atoms. The van der Waals surface area contributed by atoms with Crippen molar-refractivity contribution in [3.63, 3.8) is 0 Å². The smallest absolute Gasteiger partial charge is 0.191 e. The van der Waals surface area contributed by atoms with Gasteiger partial charge in [0.15, 0.2) is 5.96 Å². The molecule has 1 aromatic heterocycles. The van der Waals surface area contributed by atoms with Gasteiger partial charge in [-0.3, -0.25) is 9.67 Å². The van der Waals surface area contributed by atoms with Crippen molar-refractivity contribution in [1.29, 1.82) is 0 Å². The molecular formula is C20H31N5O. The van der Waals surface area contributed by atoms with Crippen LogP contribution in [0, 0.1) is 20.8 Å². The quantitative estimate of drug-likeness (QED) is 0.590. The number of benzene rings is 1. The Balaban J connectivity index is 1.78. The number of guanidine groups is 1. The zero-order valence-corrected chi connectivity index (χ0v) is 16.8. The predicted molar refractivity (Wildman–Crippen MR) is 107 cm³/mol. The van der Waals surface area contributed by atoms with Crippen LogP contribution in [0.2, 0.25) is 0 Å². The fraction of sp³-hybridized carbons (Fsp3) is 0.500. The third kappa shape index (κ3) is 5.25. The van der Waals surface area contributed by atoms with E-state index in [2.05, 4.69) is 54.5 Å². The first-order valence-corrected chi connectivity index (χ1v) is 9.08. The van der Waals surface area contributed by atoms with Crippen molar-refractivity contribution < 1.29 is 4.74 Å². The molecule has 0 aliphatic heterocycles. The van der Waals surface area contributed by atoms with Gasteiger partial charge < -0.3 is 15.4 Å². The first-order chi connectivity index (χ1) is 12.4. The summed E-state index contributed by atoms with van der Waals surface area (Å²) in [6, 6.07) is 8.06. The van der Waals surface area contributed by atoms with Crippen LogP contribution < -0.4 is 15.4 Å². The second-order valence-corrected chi connectivity index (χ2v) is 6.60. The van der Waals surface area contributed by atoms with E-state index in [4.69, 9.17) is 4.74 Å². The Morgan fingerprint density at radius 3 is 2.58 bits per heavy atom. The maximum absolute atomic E-state index is 5.99. The van der Waals surface area contributed by atoms with Crippen LogP contribution in [0.4, 0.5) is 0 Å². The number of aryl methyl sites for hydroxylation is 3. The number of aliphatic imine (C=N–C) groups is 1. The van der Waals surface area contributed by atoms with Crippen molar-refractivity contribution in [3.05, 3.63) is 46.8 Å². The zero-order valence-electron chi connectivity index (χ0n) is 16.8. The van der Waals surface area contributed by atoms with Gasteiger partial charge in [-0.2, -0.15) is 5.10 Å². The summed E-state index contributed by atoms with van der Waals surface area (Å²) in [6.07, 6.45) is 0.957. The number of para-hydroxylation sites is 1. The highest BCUT2D eigenvalue weighted by molar-refractivity contribution is 5.79. The molecule has 1 atom stereocenters. The highest BCUT2D eigenvalue weighted by Crippen LogP contribution is 2.17. The molecule has 6 nitrogen and oxygen atoms in total. The number of hydrogen-bond donors (Lipinski definition) is 2. The van der Waals surface area contributed by atoms with E-state index in [1.807, 2.05) is 29.9 Å². The highest BCUT2D eigenvalue weighted by atomic mass is 16.5. The van der Waals surface area contributed by atoms with Crippen LogP contribution in [-0.2, 0) is 13.5 Å². The first-order valence-electron chi connectivity index (χ1n) is 9.08. The first kappa shape index (κ1) is 19.8. The van der Waals surface area contributed by atoms with Gasteiger partial charge in [0.05, 0.1) is 12.2 Å². The minimum atomic E-state index is 0.0393. The molecule has 0 spiro atoms. The molecule has 6 heteroatoms. The maximum atomic E-state index is 5.99. The van der Waals surface area contributed by atoms with E-state index >= 15 is 0 Å². The monoisotopic (exact) mass is 357 g/mol. The number of nitrogens with one attached hydrogen (secondary N) is 2. The molecular weight excluding hydrogens is 326 g/mol. The Hall–Kier alpha value is -2.50. The molecule has 0 amide bonds. The Kier molecular flexibility index (Phi) is 7.06. The van der Waals surface area contributed by atoms with E-state index in [0.717, 1.165) is 35.9 Å². The van der Waals surface area contributed by atoms with E-state index in [1.54, 1.807) is 7.05 Å². The summed E-state index contributed by atoms with van der Waals surface area (Å²) in [4.78, 5) is 4.28. The topological polar surface area (TPSA) is 63.5 Å². The van der Waals surface area contributed by atoms with E-state index in [0.29, 0.717) is 6.54 Å². The number of nitrogens with zero attached hydrogens (tertiary/aromatic N) is 3. The third-order valence-electron chi connectivity index (χ3n) is 4.53. The minimum absolute atomic E-state index is 0.0393. The lowest BCUT2D eigenvalue weighted by molar-refractivity contribution is 0.222. The summed E-state index contributed by atoms with van der Waals surface area (Å²) in [5.41, 5.74) is 4.75. The fourth-order valence-corrected chi connectivity index (χ4v) is 2.89. The SMILES string of the molecule is CN=C(NCCc1c(C)nn(C)c1C)NCC(C)Oc1ccccc1C. The molecule has 1 aromatic carbocycles. The van der Waals surface area contributed by atoms with Crippen molar-refractivity contribution in [3.8, 4) is 5.75 Å². The van der Waals surface area contributed by atoms with Gasteiger partial charge in [-0.05, 0) is 51.3 Å². The van der Waals surface area contributed by atoms with E-state index in [9.17, 15) is 0 Å². The summed E-state index contributed by atoms with van der Waals surface area (Å²) in [5.74, 6) is 1.71. The molecule has 142 valence electrons. The summed E-state index contributed by atoms with van der Waals surface area (Å²) in [6.45, 7) is 9.75. The zero-order chi connectivity index (χ0) is 19.1. The van der Waals surface area contributed by atoms with Crippen LogP contribution in [0.1, 0.15) is 29.4 Å². The predicted octanol–water partition coefficient (Wildman–Crippen LogP) is 2.52. The van der Waals surface area contributed by atoms with Crippen molar-refractivity contribution in [2.75, 3.05) is 20.1 Å². The minimum Gasteiger partial charge on any atom is -0.489 e. The van der Waals surface area contributed by atoms with Gasteiger partial charge in [0.2, 0.25) is 0 Å². The molecule has 2 rings (SSSR count). The van der Waals surface area contributed by atoms with E-state index in [1.165, 1.54) is 11.3 Å². The van der Waals surface area contributed by atoms with Gasteiger partial charge in [-0.1, -0.05) is 18.2 Å². The lowest BCUT2D eigenvalue weighted by Crippen LogP contribution is -2.42. The number of aromatic nitrogens is 2. The lowest BCUT2D eigenvalue weighted by atomic mass is 10.1. The molecule has 0 radical (unpaired) electrons. The van der Waals surface area contributed by atoms with Crippen LogP contribution >= 0.6 is 0 Å². The molecule has 0 fully saturated rings. The molecule has 0 aliphatic rings. The summed E-state index contributed by atoms with van der Waals surface area (Å²) >= 11 is 0. The fourth-order valence-electron chi connectivity index (χ4n) is 2.89. The average Bonchev–Trinajstić information content (AvgIpc) is 2.85. The van der Waals surface area contributed by atoms with Gasteiger partial charge in [-0.25, -0.2) is 0 Å². The van der Waals surface area contributed by atoms with Crippen LogP contribution in [0.3, 0.4) is 0 Å². The summed E-state index contributed by atoms with van der Waals surface area (Å²) in [5, 5.41) is 11.1. The maximum Gasteiger partial charge on any atom is 0.191 e. The number of ether oxygens (including phenoxy) is 1. The highest BCUT2D eigenvalue weighted by Gasteiger charge is 2.10. The van der Waals surface area contributed by atoms with Crippen molar-refractivity contribution in [2.24, 2.45) is 12.0 Å². The number of hydrogen-bond acceptors (Lipinski definition) is 3. The number of rotatable bonds is 7. The Morgan fingerprint density at radius 1 is 1.23 bits per heavy atom. The summed E-state index contributed by atoms with van der Waals surface area (Å²) in [7, 11) is 3.76. The van der Waals surface area contributed by atoms with Crippen molar-refractivity contribution in [1.82, 2.24) is 20.4 Å². The molecule has 1 unspecified atom stereocenters. The van der Waals surface area contributed by atoms with Gasteiger partial charge >= 0.3 is 0 Å². The molecule has 26 heavy (non-hydrogen) atoms. The standard InChI is InChI=1S/C20H31N5O/c1-14-9-7-8-10-19(14)26-15(2)13-23-20(21-5)22-12-11-18-16(3)24-25(6)17(18)4/h7-10,15H,11-13H2,1-6H3,(H2,21,22,23). The molecule has 2 aromatic rings.